The standard InChI is InChI=1S/C30H45N3O4/c1-7-9-20-35-27-15-14-26(28(31-27)36-21-10-8-2)23-12-11-13-25(22-23)33-18-16-24(17-19-33)32(6)29(34)37-30(3,4)5/h11-15,22,24H,7-10,16-21H2,1-6H3. The molecule has 1 aliphatic heterocycles. The zero-order chi connectivity index (χ0) is 26.8. The summed E-state index contributed by atoms with van der Waals surface area (Å²) in [5, 5.41) is 0. The largest absolute Gasteiger partial charge is 0.478 e. The Kier molecular flexibility index (Phi) is 10.5. The van der Waals surface area contributed by atoms with Gasteiger partial charge in [0.25, 0.3) is 0 Å². The van der Waals surface area contributed by atoms with E-state index in [2.05, 4.69) is 49.1 Å². The van der Waals surface area contributed by atoms with Gasteiger partial charge in [-0.15, -0.1) is 0 Å². The topological polar surface area (TPSA) is 64.1 Å². The molecule has 204 valence electrons. The first kappa shape index (κ1) is 28.6. The zero-order valence-electron chi connectivity index (χ0n) is 23.6. The SMILES string of the molecule is CCCCOc1ccc(-c2cccc(N3CCC(N(C)C(=O)OC(C)(C)C)CC3)c2)c(OCCCC)n1. The molecule has 0 saturated carbocycles. The van der Waals surface area contributed by atoms with Crippen LogP contribution < -0.4 is 14.4 Å². The smallest absolute Gasteiger partial charge is 0.410 e. The molecule has 7 nitrogen and oxygen atoms in total. The Morgan fingerprint density at radius 1 is 1.03 bits per heavy atom. The molecule has 7 heteroatoms. The number of benzene rings is 1. The predicted octanol–water partition coefficient (Wildman–Crippen LogP) is 6.94. The molecule has 0 spiro atoms. The van der Waals surface area contributed by atoms with Crippen molar-refractivity contribution in [2.24, 2.45) is 0 Å². The minimum atomic E-state index is -0.486. The molecule has 0 radical (unpaired) electrons. The van der Waals surface area contributed by atoms with Crippen molar-refractivity contribution in [2.75, 3.05) is 38.3 Å². The summed E-state index contributed by atoms with van der Waals surface area (Å²) in [6.07, 6.45) is 5.68. The van der Waals surface area contributed by atoms with Gasteiger partial charge in [0.05, 0.1) is 13.2 Å². The molecule has 1 saturated heterocycles. The lowest BCUT2D eigenvalue weighted by Gasteiger charge is -2.38. The lowest BCUT2D eigenvalue weighted by atomic mass is 10.0. The van der Waals surface area contributed by atoms with Crippen LogP contribution >= 0.6 is 0 Å². The number of hydrogen-bond acceptors (Lipinski definition) is 6. The number of unbranched alkanes of at least 4 members (excludes halogenated alkanes) is 2. The predicted molar refractivity (Wildman–Crippen MR) is 150 cm³/mol. The first-order valence-electron chi connectivity index (χ1n) is 13.8. The van der Waals surface area contributed by atoms with Crippen LogP contribution in [0.3, 0.4) is 0 Å². The number of rotatable bonds is 11. The van der Waals surface area contributed by atoms with E-state index in [9.17, 15) is 4.79 Å². The number of amides is 1. The van der Waals surface area contributed by atoms with Gasteiger partial charge in [-0.25, -0.2) is 4.79 Å². The molecular weight excluding hydrogens is 466 g/mol. The van der Waals surface area contributed by atoms with Crippen molar-refractivity contribution in [3.63, 3.8) is 0 Å². The van der Waals surface area contributed by atoms with E-state index in [0.717, 1.165) is 62.7 Å². The molecule has 0 N–H and O–H groups in total. The number of aromatic nitrogens is 1. The molecule has 1 aromatic heterocycles. The molecule has 1 aromatic carbocycles. The van der Waals surface area contributed by atoms with Gasteiger partial charge in [0.2, 0.25) is 11.8 Å². The van der Waals surface area contributed by atoms with Gasteiger partial charge < -0.3 is 24.0 Å². The van der Waals surface area contributed by atoms with E-state index in [-0.39, 0.29) is 12.1 Å². The van der Waals surface area contributed by atoms with Gasteiger partial charge in [0, 0.05) is 43.5 Å². The molecule has 3 rings (SSSR count). The summed E-state index contributed by atoms with van der Waals surface area (Å²) in [5.74, 6) is 1.23. The summed E-state index contributed by atoms with van der Waals surface area (Å²) in [7, 11) is 1.84. The van der Waals surface area contributed by atoms with Gasteiger partial charge in [-0.3, -0.25) is 0 Å². The number of ether oxygens (including phenoxy) is 3. The Hall–Kier alpha value is -2.96. The minimum absolute atomic E-state index is 0.178. The van der Waals surface area contributed by atoms with E-state index in [0.29, 0.717) is 25.0 Å². The molecule has 1 amide bonds. The van der Waals surface area contributed by atoms with Gasteiger partial charge in [0.15, 0.2) is 0 Å². The van der Waals surface area contributed by atoms with E-state index in [1.54, 1.807) is 4.90 Å². The maximum absolute atomic E-state index is 12.5. The molecule has 1 aliphatic rings. The van der Waals surface area contributed by atoms with E-state index < -0.39 is 5.60 Å². The van der Waals surface area contributed by atoms with Crippen LogP contribution in [0.15, 0.2) is 36.4 Å². The number of piperidine rings is 1. The maximum Gasteiger partial charge on any atom is 0.410 e. The summed E-state index contributed by atoms with van der Waals surface area (Å²) in [6.45, 7) is 13.0. The molecule has 0 bridgehead atoms. The van der Waals surface area contributed by atoms with E-state index >= 15 is 0 Å². The number of hydrogen-bond donors (Lipinski definition) is 0. The highest BCUT2D eigenvalue weighted by Crippen LogP contribution is 2.34. The Bertz CT molecular complexity index is 997. The second-order valence-corrected chi connectivity index (χ2v) is 10.8. The third-order valence-corrected chi connectivity index (χ3v) is 6.54. The molecule has 2 heterocycles. The average Bonchev–Trinajstić information content (AvgIpc) is 2.88. The van der Waals surface area contributed by atoms with Crippen molar-refractivity contribution in [3.05, 3.63) is 36.4 Å². The first-order valence-corrected chi connectivity index (χ1v) is 13.8. The Morgan fingerprint density at radius 2 is 1.70 bits per heavy atom. The van der Waals surface area contributed by atoms with Crippen LogP contribution in [-0.4, -0.2) is 61.0 Å². The Morgan fingerprint density at radius 3 is 2.35 bits per heavy atom. The van der Waals surface area contributed by atoms with E-state index in [1.807, 2.05) is 33.9 Å². The third-order valence-electron chi connectivity index (χ3n) is 6.54. The zero-order valence-corrected chi connectivity index (χ0v) is 23.6. The summed E-state index contributed by atoms with van der Waals surface area (Å²) in [4.78, 5) is 21.3. The van der Waals surface area contributed by atoms with Gasteiger partial charge in [-0.2, -0.15) is 4.98 Å². The summed E-state index contributed by atoms with van der Waals surface area (Å²) < 4.78 is 17.5. The van der Waals surface area contributed by atoms with Crippen LogP contribution in [0.2, 0.25) is 0 Å². The fourth-order valence-electron chi connectivity index (χ4n) is 4.33. The highest BCUT2D eigenvalue weighted by Gasteiger charge is 2.28. The maximum atomic E-state index is 12.5. The summed E-state index contributed by atoms with van der Waals surface area (Å²) >= 11 is 0. The number of carbonyl (C=O) groups excluding carboxylic acids is 1. The second-order valence-electron chi connectivity index (χ2n) is 10.8. The Labute approximate surface area is 223 Å². The number of pyridine rings is 1. The molecule has 37 heavy (non-hydrogen) atoms. The molecule has 0 unspecified atom stereocenters. The van der Waals surface area contributed by atoms with Crippen molar-refractivity contribution in [3.8, 4) is 22.9 Å². The number of anilines is 1. The van der Waals surface area contributed by atoms with Crippen LogP contribution in [-0.2, 0) is 4.74 Å². The van der Waals surface area contributed by atoms with Crippen LogP contribution in [0.4, 0.5) is 10.5 Å². The van der Waals surface area contributed by atoms with E-state index in [1.165, 1.54) is 5.69 Å². The van der Waals surface area contributed by atoms with Crippen molar-refractivity contribution >= 4 is 11.8 Å². The van der Waals surface area contributed by atoms with Gasteiger partial charge in [0.1, 0.15) is 5.60 Å². The molecule has 1 fully saturated rings. The minimum Gasteiger partial charge on any atom is -0.478 e. The van der Waals surface area contributed by atoms with Crippen molar-refractivity contribution in [2.45, 2.75) is 84.8 Å². The van der Waals surface area contributed by atoms with Gasteiger partial charge >= 0.3 is 6.09 Å². The van der Waals surface area contributed by atoms with Crippen LogP contribution in [0.25, 0.3) is 11.1 Å². The normalized spacial score (nSPS) is 14.4. The summed E-state index contributed by atoms with van der Waals surface area (Å²) in [5.41, 5.74) is 2.73. The van der Waals surface area contributed by atoms with Crippen molar-refractivity contribution in [1.82, 2.24) is 9.88 Å². The van der Waals surface area contributed by atoms with E-state index in [4.69, 9.17) is 19.2 Å². The fraction of sp³-hybridized carbons (Fsp3) is 0.600. The lowest BCUT2D eigenvalue weighted by Crippen LogP contribution is -2.47. The number of nitrogens with zero attached hydrogens (tertiary/aromatic N) is 3. The highest BCUT2D eigenvalue weighted by molar-refractivity contribution is 5.73. The van der Waals surface area contributed by atoms with Crippen LogP contribution in [0.5, 0.6) is 11.8 Å². The summed E-state index contributed by atoms with van der Waals surface area (Å²) in [6, 6.07) is 12.7. The second kappa shape index (κ2) is 13.5. The van der Waals surface area contributed by atoms with Gasteiger partial charge in [-0.05, 0) is 70.2 Å². The van der Waals surface area contributed by atoms with Crippen LogP contribution in [0, 0.1) is 0 Å². The van der Waals surface area contributed by atoms with Crippen molar-refractivity contribution in [1.29, 1.82) is 0 Å². The van der Waals surface area contributed by atoms with Gasteiger partial charge in [-0.1, -0.05) is 38.8 Å². The number of carbonyl (C=O) groups is 1. The first-order chi connectivity index (χ1) is 17.7. The lowest BCUT2D eigenvalue weighted by molar-refractivity contribution is 0.0201. The molecule has 2 aromatic rings. The fourth-order valence-corrected chi connectivity index (χ4v) is 4.33. The van der Waals surface area contributed by atoms with Crippen LogP contribution in [0.1, 0.15) is 73.1 Å². The third kappa shape index (κ3) is 8.54. The quantitative estimate of drug-likeness (QED) is 0.304. The molecular formula is C30H45N3O4. The molecule has 0 atom stereocenters. The van der Waals surface area contributed by atoms with Crippen molar-refractivity contribution < 1.29 is 19.0 Å². The monoisotopic (exact) mass is 511 g/mol. The average molecular weight is 512 g/mol. The highest BCUT2D eigenvalue weighted by atomic mass is 16.6. The molecule has 0 aliphatic carbocycles. The Balaban J connectivity index is 1.71.